The van der Waals surface area contributed by atoms with Gasteiger partial charge >= 0.3 is 0 Å². The van der Waals surface area contributed by atoms with Gasteiger partial charge in [0.05, 0.1) is 0 Å². The Balaban J connectivity index is 1.44. The van der Waals surface area contributed by atoms with Crippen LogP contribution in [0.3, 0.4) is 0 Å². The summed E-state index contributed by atoms with van der Waals surface area (Å²) in [5.74, 6) is 1.22. The minimum atomic E-state index is 0.00725. The maximum absolute atomic E-state index is 12.9. The molecule has 0 saturated carbocycles. The first-order valence-electron chi connectivity index (χ1n) is 10.1. The summed E-state index contributed by atoms with van der Waals surface area (Å²) in [6.45, 7) is 3.52. The molecule has 1 atom stereocenters. The Morgan fingerprint density at radius 2 is 1.96 bits per heavy atom. The SMILES string of the molecule is O=C(Nc1ccccc1C1CCCNCC1)C1=CCN(c2ncccn2)CC1. The molecule has 1 unspecified atom stereocenters. The summed E-state index contributed by atoms with van der Waals surface area (Å²) in [6, 6.07) is 10.1. The molecular formula is C22H27N5O. The molecule has 2 aromatic rings. The Kier molecular flexibility index (Phi) is 5.97. The van der Waals surface area contributed by atoms with Crippen LogP contribution in [0.4, 0.5) is 11.6 Å². The van der Waals surface area contributed by atoms with Gasteiger partial charge in [0, 0.05) is 36.7 Å². The van der Waals surface area contributed by atoms with Gasteiger partial charge in [-0.3, -0.25) is 4.79 Å². The van der Waals surface area contributed by atoms with E-state index in [1.807, 2.05) is 24.3 Å². The number of rotatable bonds is 4. The Morgan fingerprint density at radius 3 is 2.79 bits per heavy atom. The van der Waals surface area contributed by atoms with Gasteiger partial charge in [-0.15, -0.1) is 0 Å². The summed E-state index contributed by atoms with van der Waals surface area (Å²) >= 11 is 0. The molecule has 0 spiro atoms. The third-order valence-electron chi connectivity index (χ3n) is 5.56. The fourth-order valence-corrected chi connectivity index (χ4v) is 4.01. The summed E-state index contributed by atoms with van der Waals surface area (Å²) in [5, 5.41) is 6.64. The van der Waals surface area contributed by atoms with E-state index in [1.165, 1.54) is 12.0 Å². The normalized spacial score (nSPS) is 20.2. The third kappa shape index (κ3) is 4.39. The number of aromatic nitrogens is 2. The molecule has 146 valence electrons. The van der Waals surface area contributed by atoms with Crippen molar-refractivity contribution in [2.24, 2.45) is 0 Å². The molecule has 6 heteroatoms. The van der Waals surface area contributed by atoms with Gasteiger partial charge in [-0.2, -0.15) is 0 Å². The van der Waals surface area contributed by atoms with Crippen LogP contribution < -0.4 is 15.5 Å². The predicted octanol–water partition coefficient (Wildman–Crippen LogP) is 3.11. The van der Waals surface area contributed by atoms with Crippen molar-refractivity contribution in [3.8, 4) is 0 Å². The van der Waals surface area contributed by atoms with Crippen molar-refractivity contribution < 1.29 is 4.79 Å². The van der Waals surface area contributed by atoms with Gasteiger partial charge in [-0.25, -0.2) is 9.97 Å². The standard InChI is InChI=1S/C22H27N5O/c28-21(18-9-15-27(16-10-18)22-24-12-4-13-25-22)26-20-7-2-1-6-19(20)17-5-3-11-23-14-8-17/h1-2,4,6-7,9,12-13,17,23H,3,5,8,10-11,14-16H2,(H,26,28). The molecule has 4 rings (SSSR count). The quantitative estimate of drug-likeness (QED) is 0.857. The van der Waals surface area contributed by atoms with E-state index in [9.17, 15) is 4.79 Å². The zero-order valence-electron chi connectivity index (χ0n) is 16.1. The van der Waals surface area contributed by atoms with Crippen LogP contribution in [0.15, 0.2) is 54.4 Å². The van der Waals surface area contributed by atoms with Crippen molar-refractivity contribution in [3.63, 3.8) is 0 Å². The first kappa shape index (κ1) is 18.6. The van der Waals surface area contributed by atoms with Crippen molar-refractivity contribution in [3.05, 3.63) is 59.9 Å². The second kappa shape index (κ2) is 8.97. The number of anilines is 2. The maximum Gasteiger partial charge on any atom is 0.251 e. The second-order valence-corrected chi connectivity index (χ2v) is 7.39. The van der Waals surface area contributed by atoms with Gasteiger partial charge in [0.1, 0.15) is 0 Å². The predicted molar refractivity (Wildman–Crippen MR) is 111 cm³/mol. The lowest BCUT2D eigenvalue weighted by molar-refractivity contribution is -0.113. The molecule has 2 aliphatic rings. The minimum Gasteiger partial charge on any atom is -0.337 e. The van der Waals surface area contributed by atoms with E-state index in [1.54, 1.807) is 12.4 Å². The largest absolute Gasteiger partial charge is 0.337 e. The smallest absolute Gasteiger partial charge is 0.251 e. The van der Waals surface area contributed by atoms with Crippen LogP contribution >= 0.6 is 0 Å². The van der Waals surface area contributed by atoms with Crippen molar-refractivity contribution in [2.75, 3.05) is 36.4 Å². The Bertz CT molecular complexity index is 828. The molecule has 1 aromatic carbocycles. The molecule has 1 saturated heterocycles. The molecule has 28 heavy (non-hydrogen) atoms. The number of hydrogen-bond acceptors (Lipinski definition) is 5. The van der Waals surface area contributed by atoms with E-state index in [-0.39, 0.29) is 5.91 Å². The lowest BCUT2D eigenvalue weighted by Gasteiger charge is -2.26. The molecule has 2 N–H and O–H groups in total. The summed E-state index contributed by atoms with van der Waals surface area (Å²) in [4.78, 5) is 23.5. The van der Waals surface area contributed by atoms with E-state index < -0.39 is 0 Å². The monoisotopic (exact) mass is 377 g/mol. The van der Waals surface area contributed by atoms with Crippen molar-refractivity contribution >= 4 is 17.5 Å². The van der Waals surface area contributed by atoms with E-state index in [2.05, 4.69) is 37.6 Å². The number of hydrogen-bond donors (Lipinski definition) is 2. The molecule has 0 bridgehead atoms. The van der Waals surface area contributed by atoms with Gasteiger partial charge in [0.2, 0.25) is 5.95 Å². The van der Waals surface area contributed by atoms with Gasteiger partial charge in [0.15, 0.2) is 0 Å². The van der Waals surface area contributed by atoms with Gasteiger partial charge in [0.25, 0.3) is 5.91 Å². The van der Waals surface area contributed by atoms with E-state index >= 15 is 0 Å². The molecule has 0 aliphatic carbocycles. The molecule has 3 heterocycles. The van der Waals surface area contributed by atoms with E-state index in [4.69, 9.17) is 0 Å². The number of amides is 1. The maximum atomic E-state index is 12.9. The fraction of sp³-hybridized carbons (Fsp3) is 0.409. The number of para-hydroxylation sites is 1. The highest BCUT2D eigenvalue weighted by molar-refractivity contribution is 6.04. The van der Waals surface area contributed by atoms with Crippen LogP contribution in [0.1, 0.15) is 37.2 Å². The molecule has 1 amide bonds. The zero-order chi connectivity index (χ0) is 19.2. The number of nitrogens with zero attached hydrogens (tertiary/aromatic N) is 3. The van der Waals surface area contributed by atoms with E-state index in [0.29, 0.717) is 24.8 Å². The van der Waals surface area contributed by atoms with Crippen LogP contribution in [0.2, 0.25) is 0 Å². The van der Waals surface area contributed by atoms with Crippen molar-refractivity contribution in [1.82, 2.24) is 15.3 Å². The Morgan fingerprint density at radius 1 is 1.11 bits per heavy atom. The first-order valence-corrected chi connectivity index (χ1v) is 10.1. The average molecular weight is 377 g/mol. The van der Waals surface area contributed by atoms with Crippen LogP contribution in [0.5, 0.6) is 0 Å². The number of carbonyl (C=O) groups excluding carboxylic acids is 1. The molecule has 2 aliphatic heterocycles. The summed E-state index contributed by atoms with van der Waals surface area (Å²) in [7, 11) is 0. The molecule has 1 fully saturated rings. The molecular weight excluding hydrogens is 350 g/mol. The van der Waals surface area contributed by atoms with Gasteiger partial charge in [-0.1, -0.05) is 24.3 Å². The second-order valence-electron chi connectivity index (χ2n) is 7.39. The summed E-state index contributed by atoms with van der Waals surface area (Å²) in [5.41, 5.74) is 3.05. The molecule has 0 radical (unpaired) electrons. The highest BCUT2D eigenvalue weighted by Crippen LogP contribution is 2.32. The summed E-state index contributed by atoms with van der Waals surface area (Å²) < 4.78 is 0. The van der Waals surface area contributed by atoms with Crippen molar-refractivity contribution in [1.29, 1.82) is 0 Å². The lowest BCUT2D eigenvalue weighted by atomic mass is 9.90. The lowest BCUT2D eigenvalue weighted by Crippen LogP contribution is -2.32. The Hall–Kier alpha value is -2.73. The Labute approximate surface area is 166 Å². The zero-order valence-corrected chi connectivity index (χ0v) is 16.1. The summed E-state index contributed by atoms with van der Waals surface area (Å²) in [6.07, 6.45) is 9.63. The topological polar surface area (TPSA) is 70.2 Å². The highest BCUT2D eigenvalue weighted by atomic mass is 16.1. The first-order chi connectivity index (χ1) is 13.8. The van der Waals surface area contributed by atoms with Gasteiger partial charge < -0.3 is 15.5 Å². The molecule has 6 nitrogen and oxygen atoms in total. The van der Waals surface area contributed by atoms with Crippen LogP contribution in [-0.4, -0.2) is 42.1 Å². The number of nitrogens with one attached hydrogen (secondary N) is 2. The fourth-order valence-electron chi connectivity index (χ4n) is 4.01. The molecule has 1 aromatic heterocycles. The highest BCUT2D eigenvalue weighted by Gasteiger charge is 2.21. The van der Waals surface area contributed by atoms with E-state index in [0.717, 1.165) is 43.7 Å². The van der Waals surface area contributed by atoms with Crippen LogP contribution in [-0.2, 0) is 4.79 Å². The number of benzene rings is 1. The van der Waals surface area contributed by atoms with Gasteiger partial charge in [-0.05, 0) is 62.4 Å². The van der Waals surface area contributed by atoms with Crippen molar-refractivity contribution in [2.45, 2.75) is 31.6 Å². The van der Waals surface area contributed by atoms with Crippen LogP contribution in [0.25, 0.3) is 0 Å². The average Bonchev–Trinajstić information content (AvgIpc) is 3.04. The third-order valence-corrected chi connectivity index (χ3v) is 5.56. The van der Waals surface area contributed by atoms with Crippen LogP contribution in [0, 0.1) is 0 Å². The minimum absolute atomic E-state index is 0.00725. The number of carbonyl (C=O) groups is 1.